The summed E-state index contributed by atoms with van der Waals surface area (Å²) in [5.41, 5.74) is 1.94. The van der Waals surface area contributed by atoms with Gasteiger partial charge in [-0.15, -0.1) is 0 Å². The molecule has 0 radical (unpaired) electrons. The minimum absolute atomic E-state index is 0.141. The van der Waals surface area contributed by atoms with Crippen LogP contribution in [0, 0.1) is 0 Å². The first kappa shape index (κ1) is 15.5. The Morgan fingerprint density at radius 2 is 2.09 bits per heavy atom. The molecule has 0 spiro atoms. The van der Waals surface area contributed by atoms with Gasteiger partial charge in [0.25, 0.3) is 5.91 Å². The van der Waals surface area contributed by atoms with Crippen LogP contribution in [0.1, 0.15) is 29.0 Å². The summed E-state index contributed by atoms with van der Waals surface area (Å²) < 4.78 is 7.50. The lowest BCUT2D eigenvalue weighted by atomic mass is 10.1. The van der Waals surface area contributed by atoms with Gasteiger partial charge in [0.05, 0.1) is 17.6 Å². The third-order valence-corrected chi connectivity index (χ3v) is 3.89. The lowest BCUT2D eigenvalue weighted by molar-refractivity contribution is 0.0934. The Kier molecular flexibility index (Phi) is 4.29. The van der Waals surface area contributed by atoms with Gasteiger partial charge in [0.15, 0.2) is 11.3 Å². The van der Waals surface area contributed by atoms with Gasteiger partial charge < -0.3 is 10.1 Å². The van der Waals surface area contributed by atoms with E-state index in [0.29, 0.717) is 11.3 Å². The lowest BCUT2D eigenvalue weighted by Gasteiger charge is -2.13. The molecule has 6 nitrogen and oxygen atoms in total. The number of carbonyl (C=O) groups excluding carboxylic acids is 1. The van der Waals surface area contributed by atoms with Crippen molar-refractivity contribution in [3.8, 4) is 5.75 Å². The number of halogens is 1. The quantitative estimate of drug-likeness (QED) is 0.761. The van der Waals surface area contributed by atoms with Crippen LogP contribution in [-0.2, 0) is 0 Å². The molecule has 1 N–H and O–H groups in total. The maximum Gasteiger partial charge on any atom is 0.272 e. The summed E-state index contributed by atoms with van der Waals surface area (Å²) in [6.07, 6.45) is 3.42. The van der Waals surface area contributed by atoms with Gasteiger partial charge >= 0.3 is 0 Å². The Labute approximate surface area is 141 Å². The summed E-state index contributed by atoms with van der Waals surface area (Å²) in [5.74, 6) is 0.541. The molecule has 0 aliphatic heterocycles. The molecule has 7 heteroatoms. The largest absolute Gasteiger partial charge is 0.497 e. The topological polar surface area (TPSA) is 68.5 Å². The van der Waals surface area contributed by atoms with Gasteiger partial charge in [-0.05, 0) is 40.5 Å². The number of carbonyl (C=O) groups is 1. The zero-order valence-electron chi connectivity index (χ0n) is 12.7. The Morgan fingerprint density at radius 3 is 2.78 bits per heavy atom. The second kappa shape index (κ2) is 6.37. The number of ether oxygens (including phenoxy) is 1. The van der Waals surface area contributed by atoms with Crippen molar-refractivity contribution in [1.29, 1.82) is 0 Å². The van der Waals surface area contributed by atoms with E-state index in [0.717, 1.165) is 15.8 Å². The average molecular weight is 375 g/mol. The summed E-state index contributed by atoms with van der Waals surface area (Å²) in [6, 6.07) is 9.09. The van der Waals surface area contributed by atoms with Crippen LogP contribution in [0.4, 0.5) is 0 Å². The number of hydrogen-bond acceptors (Lipinski definition) is 4. The minimum Gasteiger partial charge on any atom is -0.497 e. The van der Waals surface area contributed by atoms with Crippen LogP contribution in [0.25, 0.3) is 5.65 Å². The van der Waals surface area contributed by atoms with E-state index in [4.69, 9.17) is 4.74 Å². The molecule has 1 amide bonds. The van der Waals surface area contributed by atoms with Crippen molar-refractivity contribution in [1.82, 2.24) is 19.9 Å². The van der Waals surface area contributed by atoms with Gasteiger partial charge in [0, 0.05) is 18.5 Å². The zero-order valence-corrected chi connectivity index (χ0v) is 14.2. The van der Waals surface area contributed by atoms with Crippen LogP contribution in [0.3, 0.4) is 0 Å². The highest BCUT2D eigenvalue weighted by molar-refractivity contribution is 9.10. The fraction of sp³-hybridized carbons (Fsp3) is 0.188. The van der Waals surface area contributed by atoms with Crippen LogP contribution in [0.2, 0.25) is 0 Å². The van der Waals surface area contributed by atoms with Gasteiger partial charge in [-0.25, -0.2) is 9.50 Å². The van der Waals surface area contributed by atoms with E-state index in [1.165, 1.54) is 0 Å². The molecule has 2 aromatic heterocycles. The molecule has 2 heterocycles. The molecule has 3 aromatic rings. The fourth-order valence-corrected chi connectivity index (χ4v) is 2.51. The number of nitrogens with one attached hydrogen (secondary N) is 1. The molecule has 3 rings (SSSR count). The molecule has 0 fully saturated rings. The number of benzene rings is 1. The first-order valence-electron chi connectivity index (χ1n) is 7.02. The summed E-state index contributed by atoms with van der Waals surface area (Å²) >= 11 is 3.33. The summed E-state index contributed by atoms with van der Waals surface area (Å²) in [6.45, 7) is 1.92. The van der Waals surface area contributed by atoms with E-state index >= 15 is 0 Å². The predicted molar refractivity (Wildman–Crippen MR) is 89.6 cm³/mol. The maximum absolute atomic E-state index is 12.4. The number of amides is 1. The molecule has 23 heavy (non-hydrogen) atoms. The molecule has 0 saturated carbocycles. The highest BCUT2D eigenvalue weighted by atomic mass is 79.9. The van der Waals surface area contributed by atoms with Crippen molar-refractivity contribution >= 4 is 27.5 Å². The van der Waals surface area contributed by atoms with Crippen molar-refractivity contribution in [3.05, 3.63) is 58.5 Å². The molecule has 1 atom stereocenters. The predicted octanol–water partition coefficient (Wildman–Crippen LogP) is 2.99. The van der Waals surface area contributed by atoms with Crippen LogP contribution in [-0.4, -0.2) is 27.6 Å². The number of aromatic nitrogens is 3. The summed E-state index contributed by atoms with van der Waals surface area (Å²) in [4.78, 5) is 16.6. The Bertz CT molecular complexity index is 845. The smallest absolute Gasteiger partial charge is 0.272 e. The molecular formula is C16H15BrN4O2. The molecule has 1 aromatic carbocycles. The molecule has 0 saturated heterocycles. The molecule has 0 aliphatic rings. The van der Waals surface area contributed by atoms with Gasteiger partial charge in [-0.3, -0.25) is 4.79 Å². The number of methoxy groups -OCH3 is 1. The molecule has 0 bridgehead atoms. The highest BCUT2D eigenvalue weighted by Crippen LogP contribution is 2.18. The average Bonchev–Trinajstić information content (AvgIpc) is 2.98. The van der Waals surface area contributed by atoms with E-state index in [1.54, 1.807) is 30.1 Å². The standard InChI is InChI=1S/C16H15BrN4O2/c1-10(11-3-5-13(23-2)6-4-11)19-16(22)14-7-15-18-8-12(17)9-21(15)20-14/h3-10H,1-2H3,(H,19,22). The number of rotatable bonds is 4. The van der Waals surface area contributed by atoms with Crippen LogP contribution in [0.15, 0.2) is 47.2 Å². The fourth-order valence-electron chi connectivity index (χ4n) is 2.21. The molecular weight excluding hydrogens is 360 g/mol. The van der Waals surface area contributed by atoms with Gasteiger partial charge in [0.2, 0.25) is 0 Å². The van der Waals surface area contributed by atoms with E-state index in [-0.39, 0.29) is 11.9 Å². The second-order valence-electron chi connectivity index (χ2n) is 5.07. The van der Waals surface area contributed by atoms with E-state index in [1.807, 2.05) is 31.2 Å². The SMILES string of the molecule is COc1ccc(C(C)NC(=O)c2cc3ncc(Br)cn3n2)cc1. The second-order valence-corrected chi connectivity index (χ2v) is 5.99. The normalized spacial score (nSPS) is 12.1. The third kappa shape index (κ3) is 3.34. The van der Waals surface area contributed by atoms with Crippen LogP contribution < -0.4 is 10.1 Å². The molecule has 1 unspecified atom stereocenters. The van der Waals surface area contributed by atoms with E-state index < -0.39 is 0 Å². The van der Waals surface area contributed by atoms with Gasteiger partial charge in [-0.1, -0.05) is 12.1 Å². The van der Waals surface area contributed by atoms with Gasteiger partial charge in [-0.2, -0.15) is 5.10 Å². The van der Waals surface area contributed by atoms with Crippen molar-refractivity contribution in [2.24, 2.45) is 0 Å². The van der Waals surface area contributed by atoms with Crippen molar-refractivity contribution in [2.75, 3.05) is 7.11 Å². The number of hydrogen-bond donors (Lipinski definition) is 1. The zero-order chi connectivity index (χ0) is 16.4. The number of fused-ring (bicyclic) bond motifs is 1. The van der Waals surface area contributed by atoms with Crippen molar-refractivity contribution < 1.29 is 9.53 Å². The monoisotopic (exact) mass is 374 g/mol. The van der Waals surface area contributed by atoms with E-state index in [9.17, 15) is 4.79 Å². The Morgan fingerprint density at radius 1 is 1.35 bits per heavy atom. The summed E-state index contributed by atoms with van der Waals surface area (Å²) in [7, 11) is 1.62. The van der Waals surface area contributed by atoms with Crippen molar-refractivity contribution in [2.45, 2.75) is 13.0 Å². The minimum atomic E-state index is -0.241. The summed E-state index contributed by atoms with van der Waals surface area (Å²) in [5, 5.41) is 7.17. The Hall–Kier alpha value is -2.41. The van der Waals surface area contributed by atoms with E-state index in [2.05, 4.69) is 31.3 Å². The van der Waals surface area contributed by atoms with Crippen LogP contribution >= 0.6 is 15.9 Å². The molecule has 0 aliphatic carbocycles. The van der Waals surface area contributed by atoms with Crippen LogP contribution in [0.5, 0.6) is 5.75 Å². The van der Waals surface area contributed by atoms with Crippen molar-refractivity contribution in [3.63, 3.8) is 0 Å². The third-order valence-electron chi connectivity index (χ3n) is 3.48. The highest BCUT2D eigenvalue weighted by Gasteiger charge is 2.15. The Balaban J connectivity index is 1.76. The maximum atomic E-state index is 12.4. The first-order chi connectivity index (χ1) is 11.1. The molecule has 118 valence electrons. The lowest BCUT2D eigenvalue weighted by Crippen LogP contribution is -2.27. The number of nitrogens with zero attached hydrogens (tertiary/aromatic N) is 3. The first-order valence-corrected chi connectivity index (χ1v) is 7.82. The van der Waals surface area contributed by atoms with Gasteiger partial charge in [0.1, 0.15) is 5.75 Å².